The number of hydrogen-bond donors (Lipinski definition) is 0. The fourth-order valence-electron chi connectivity index (χ4n) is 9.35. The molecule has 0 atom stereocenters. The predicted molar refractivity (Wildman–Crippen MR) is 245 cm³/mol. The van der Waals surface area contributed by atoms with E-state index >= 15 is 0 Å². The van der Waals surface area contributed by atoms with Gasteiger partial charge in [0, 0.05) is 60.2 Å². The van der Waals surface area contributed by atoms with Crippen LogP contribution in [0.5, 0.6) is 0 Å². The second-order valence-electron chi connectivity index (χ2n) is 16.2. The molecule has 11 aromatic rings. The number of nitrogens with zero attached hydrogens (tertiary/aromatic N) is 4. The van der Waals surface area contributed by atoms with Gasteiger partial charge in [0.1, 0.15) is 11.2 Å². The van der Waals surface area contributed by atoms with E-state index in [4.69, 9.17) is 24.4 Å². The lowest BCUT2D eigenvalue weighted by Gasteiger charge is -2.22. The van der Waals surface area contributed by atoms with Crippen molar-refractivity contribution < 1.29 is 4.42 Å². The Morgan fingerprint density at radius 2 is 0.933 bits per heavy atom. The van der Waals surface area contributed by atoms with Crippen LogP contribution in [0.3, 0.4) is 0 Å². The molecule has 5 nitrogen and oxygen atoms in total. The van der Waals surface area contributed by atoms with E-state index in [0.717, 1.165) is 82.7 Å². The molecule has 8 aromatic carbocycles. The number of furan rings is 1. The van der Waals surface area contributed by atoms with Crippen LogP contribution in [0.2, 0.25) is 0 Å². The van der Waals surface area contributed by atoms with E-state index in [1.54, 1.807) is 0 Å². The van der Waals surface area contributed by atoms with Crippen molar-refractivity contribution in [2.45, 2.75) is 19.3 Å². The van der Waals surface area contributed by atoms with Gasteiger partial charge >= 0.3 is 0 Å². The highest BCUT2D eigenvalue weighted by molar-refractivity contribution is 6.30. The summed E-state index contributed by atoms with van der Waals surface area (Å²) in [6.45, 7) is 4.66. The summed E-state index contributed by atoms with van der Waals surface area (Å²) in [5.41, 5.74) is 14.6. The number of hydrogen-bond acceptors (Lipinski definition) is 5. The summed E-state index contributed by atoms with van der Waals surface area (Å²) < 4.78 is 6.86. The fourth-order valence-corrected chi connectivity index (χ4v) is 9.35. The van der Waals surface area contributed by atoms with E-state index in [9.17, 15) is 0 Å². The molecule has 3 aromatic heterocycles. The van der Waals surface area contributed by atoms with Crippen molar-refractivity contribution in [3.8, 4) is 67.7 Å². The lowest BCUT2D eigenvalue weighted by molar-refractivity contribution is 0.660. The SMILES string of the molecule is CC1(C)c2ccccc2-c2ccc(-c3nc4ccccc4c4c3cc(-c3ccc(-c5nc(-c6ccccc6)nc(-c6ccccc6)n5)cc3)c3oc5ccccc5c34)cc21. The van der Waals surface area contributed by atoms with E-state index < -0.39 is 0 Å². The fraction of sp³-hybridized carbons (Fsp3) is 0.0545. The summed E-state index contributed by atoms with van der Waals surface area (Å²) >= 11 is 0. The second-order valence-corrected chi connectivity index (χ2v) is 16.2. The Morgan fingerprint density at radius 3 is 1.65 bits per heavy atom. The number of rotatable bonds is 5. The quantitative estimate of drug-likeness (QED) is 0.163. The summed E-state index contributed by atoms with van der Waals surface area (Å²) in [6.07, 6.45) is 0. The molecule has 0 spiro atoms. The van der Waals surface area contributed by atoms with Crippen molar-refractivity contribution in [2.24, 2.45) is 0 Å². The molecule has 282 valence electrons. The predicted octanol–water partition coefficient (Wildman–Crippen LogP) is 14.1. The van der Waals surface area contributed by atoms with Gasteiger partial charge < -0.3 is 4.42 Å². The average Bonchev–Trinajstić information content (AvgIpc) is 3.81. The maximum absolute atomic E-state index is 6.86. The molecule has 0 amide bonds. The van der Waals surface area contributed by atoms with Gasteiger partial charge in [0.25, 0.3) is 0 Å². The van der Waals surface area contributed by atoms with E-state index in [-0.39, 0.29) is 5.41 Å². The van der Waals surface area contributed by atoms with Gasteiger partial charge in [-0.1, -0.05) is 172 Å². The highest BCUT2D eigenvalue weighted by Gasteiger charge is 2.35. The summed E-state index contributed by atoms with van der Waals surface area (Å²) in [5, 5.41) is 5.50. The van der Waals surface area contributed by atoms with Crippen molar-refractivity contribution in [1.82, 2.24) is 19.9 Å². The minimum absolute atomic E-state index is 0.141. The molecule has 1 aliphatic carbocycles. The van der Waals surface area contributed by atoms with Crippen molar-refractivity contribution >= 4 is 43.6 Å². The second kappa shape index (κ2) is 13.1. The molecule has 1 aliphatic rings. The molecule has 5 heteroatoms. The first-order valence-corrected chi connectivity index (χ1v) is 20.4. The molecule has 60 heavy (non-hydrogen) atoms. The van der Waals surface area contributed by atoms with Crippen molar-refractivity contribution in [3.63, 3.8) is 0 Å². The number of fused-ring (bicyclic) bond motifs is 10. The Hall–Kier alpha value is -7.76. The number of benzene rings is 8. The normalized spacial score (nSPS) is 13.0. The van der Waals surface area contributed by atoms with Crippen LogP contribution in [0.15, 0.2) is 186 Å². The van der Waals surface area contributed by atoms with Gasteiger partial charge in [-0.05, 0) is 52.1 Å². The summed E-state index contributed by atoms with van der Waals surface area (Å²) in [5.74, 6) is 1.88. The molecule has 0 N–H and O–H groups in total. The van der Waals surface area contributed by atoms with Crippen LogP contribution in [0, 0.1) is 0 Å². The highest BCUT2D eigenvalue weighted by atomic mass is 16.3. The molecule has 0 unspecified atom stereocenters. The minimum Gasteiger partial charge on any atom is -0.455 e. The summed E-state index contributed by atoms with van der Waals surface area (Å²) in [6, 6.07) is 63.5. The summed E-state index contributed by atoms with van der Waals surface area (Å²) in [7, 11) is 0. The molecule has 3 heterocycles. The molecule has 0 saturated carbocycles. The van der Waals surface area contributed by atoms with Crippen LogP contribution >= 0.6 is 0 Å². The first-order valence-electron chi connectivity index (χ1n) is 20.4. The third-order valence-electron chi connectivity index (χ3n) is 12.3. The first kappa shape index (κ1) is 34.3. The Labute approximate surface area is 346 Å². The van der Waals surface area contributed by atoms with Crippen molar-refractivity contribution in [2.75, 3.05) is 0 Å². The minimum atomic E-state index is -0.141. The lowest BCUT2D eigenvalue weighted by Crippen LogP contribution is -2.14. The molecular weight excluding hydrogens is 733 g/mol. The molecule has 0 saturated heterocycles. The highest BCUT2D eigenvalue weighted by Crippen LogP contribution is 2.51. The van der Waals surface area contributed by atoms with Crippen LogP contribution in [0.1, 0.15) is 25.0 Å². The zero-order chi connectivity index (χ0) is 40.0. The number of pyridine rings is 1. The first-order chi connectivity index (χ1) is 29.5. The van der Waals surface area contributed by atoms with E-state index in [1.165, 1.54) is 22.3 Å². The third-order valence-corrected chi connectivity index (χ3v) is 12.3. The topological polar surface area (TPSA) is 64.7 Å². The number of para-hydroxylation sites is 2. The van der Waals surface area contributed by atoms with Gasteiger partial charge in [0.05, 0.1) is 11.2 Å². The maximum atomic E-state index is 6.86. The largest absolute Gasteiger partial charge is 0.455 e. The summed E-state index contributed by atoms with van der Waals surface area (Å²) in [4.78, 5) is 20.4. The average molecular weight is 769 g/mol. The van der Waals surface area contributed by atoms with Gasteiger partial charge in [-0.15, -0.1) is 0 Å². The van der Waals surface area contributed by atoms with Crippen molar-refractivity contribution in [1.29, 1.82) is 0 Å². The molecule has 0 bridgehead atoms. The van der Waals surface area contributed by atoms with Gasteiger partial charge in [-0.25, -0.2) is 19.9 Å². The van der Waals surface area contributed by atoms with Gasteiger partial charge in [0.2, 0.25) is 0 Å². The standard InChI is InChI=1S/C55H36N4O/c1-55(2)44-22-12-9-19-38(44)39-30-29-37(31-45(39)55)50-43-32-42(51-49(41-21-11-14-24-47(41)60-51)48(43)40-20-10-13-23-46(40)56-50)33-25-27-36(28-26-33)54-58-52(34-15-5-3-6-16-34)57-53(59-54)35-17-7-4-8-18-35/h3-32H,1-2H3. The molecular formula is C55H36N4O. The van der Waals surface area contributed by atoms with Crippen LogP contribution in [-0.2, 0) is 5.41 Å². The zero-order valence-corrected chi connectivity index (χ0v) is 33.0. The monoisotopic (exact) mass is 768 g/mol. The van der Waals surface area contributed by atoms with Crippen LogP contribution in [-0.4, -0.2) is 19.9 Å². The van der Waals surface area contributed by atoms with E-state index in [0.29, 0.717) is 17.5 Å². The number of aromatic nitrogens is 4. The van der Waals surface area contributed by atoms with E-state index in [1.807, 2.05) is 66.7 Å². The van der Waals surface area contributed by atoms with Crippen LogP contribution in [0.4, 0.5) is 0 Å². The van der Waals surface area contributed by atoms with Gasteiger partial charge in [-0.3, -0.25) is 0 Å². The Morgan fingerprint density at radius 1 is 0.383 bits per heavy atom. The molecule has 12 rings (SSSR count). The smallest absolute Gasteiger partial charge is 0.164 e. The maximum Gasteiger partial charge on any atom is 0.164 e. The third kappa shape index (κ3) is 5.26. The van der Waals surface area contributed by atoms with Gasteiger partial charge in [0.15, 0.2) is 17.5 Å². The lowest BCUT2D eigenvalue weighted by atomic mass is 9.81. The molecule has 0 radical (unpaired) electrons. The van der Waals surface area contributed by atoms with Crippen LogP contribution in [0.25, 0.3) is 111 Å². The van der Waals surface area contributed by atoms with Crippen LogP contribution < -0.4 is 0 Å². The molecule has 0 fully saturated rings. The van der Waals surface area contributed by atoms with Gasteiger partial charge in [-0.2, -0.15) is 0 Å². The Balaban J connectivity index is 1.08. The molecule has 0 aliphatic heterocycles. The Bertz CT molecular complexity index is 3440. The zero-order valence-electron chi connectivity index (χ0n) is 33.0. The van der Waals surface area contributed by atoms with Crippen molar-refractivity contribution in [3.05, 3.63) is 193 Å². The van der Waals surface area contributed by atoms with E-state index in [2.05, 4.69) is 129 Å². The Kier molecular flexibility index (Phi) is 7.51.